The molecule has 0 aliphatic heterocycles. The van der Waals surface area contributed by atoms with Gasteiger partial charge in [-0.05, 0) is 43.9 Å². The predicted molar refractivity (Wildman–Crippen MR) is 75.0 cm³/mol. The van der Waals surface area contributed by atoms with Crippen molar-refractivity contribution in [2.75, 3.05) is 0 Å². The van der Waals surface area contributed by atoms with Crippen LogP contribution in [0.1, 0.15) is 60.8 Å². The van der Waals surface area contributed by atoms with Crippen LogP contribution in [0.4, 0.5) is 0 Å². The number of halogens is 1. The van der Waals surface area contributed by atoms with Crippen LogP contribution in [0.15, 0.2) is 11.6 Å². The zero-order valence-electron chi connectivity index (χ0n) is 11.7. The second-order valence-electron chi connectivity index (χ2n) is 6.85. The van der Waals surface area contributed by atoms with Gasteiger partial charge in [-0.15, -0.1) is 12.4 Å². The van der Waals surface area contributed by atoms with Gasteiger partial charge in [0, 0.05) is 5.54 Å². The summed E-state index contributed by atoms with van der Waals surface area (Å²) >= 11 is 0. The third-order valence-electron chi connectivity index (χ3n) is 4.29. The number of nitrogens with two attached hydrogens (primary N) is 1. The molecule has 16 heavy (non-hydrogen) atoms. The van der Waals surface area contributed by atoms with Crippen molar-refractivity contribution >= 4 is 12.4 Å². The molecule has 2 N–H and O–H groups in total. The summed E-state index contributed by atoms with van der Waals surface area (Å²) in [5, 5.41) is 0. The van der Waals surface area contributed by atoms with E-state index in [1.807, 2.05) is 0 Å². The van der Waals surface area contributed by atoms with E-state index in [0.717, 1.165) is 0 Å². The van der Waals surface area contributed by atoms with E-state index >= 15 is 0 Å². The average Bonchev–Trinajstić information content (AvgIpc) is 1.97. The highest BCUT2D eigenvalue weighted by molar-refractivity contribution is 5.85. The van der Waals surface area contributed by atoms with Crippen molar-refractivity contribution in [3.8, 4) is 0 Å². The van der Waals surface area contributed by atoms with Crippen molar-refractivity contribution in [1.29, 1.82) is 0 Å². The maximum Gasteiger partial charge on any atom is 0.0284 e. The standard InChI is InChI=1S/C14H27N.ClH/c1-12(2)9-7-8-11(14(12,5)6)10-13(3,4)15;/h10H,7-9,15H2,1-6H3;1H. The van der Waals surface area contributed by atoms with Crippen LogP contribution in [0.2, 0.25) is 0 Å². The first kappa shape index (κ1) is 16.0. The lowest BCUT2D eigenvalue weighted by molar-refractivity contribution is 0.105. The summed E-state index contributed by atoms with van der Waals surface area (Å²) in [5.41, 5.74) is 8.14. The van der Waals surface area contributed by atoms with Gasteiger partial charge in [0.25, 0.3) is 0 Å². The van der Waals surface area contributed by atoms with E-state index in [4.69, 9.17) is 5.73 Å². The highest BCUT2D eigenvalue weighted by Gasteiger charge is 2.42. The fourth-order valence-electron chi connectivity index (χ4n) is 2.48. The number of rotatable bonds is 1. The summed E-state index contributed by atoms with van der Waals surface area (Å²) in [4.78, 5) is 0. The minimum absolute atomic E-state index is 0. The van der Waals surface area contributed by atoms with E-state index < -0.39 is 0 Å². The maximum absolute atomic E-state index is 6.10. The SMILES string of the molecule is CC(C)(N)C=C1CCCC(C)(C)C1(C)C.Cl. The zero-order valence-corrected chi connectivity index (χ0v) is 12.5. The van der Waals surface area contributed by atoms with E-state index in [1.165, 1.54) is 19.3 Å². The van der Waals surface area contributed by atoms with Gasteiger partial charge in [-0.1, -0.05) is 39.3 Å². The molecule has 0 bridgehead atoms. The Balaban J connectivity index is 0.00000225. The molecule has 0 aromatic rings. The predicted octanol–water partition coefficient (Wildman–Crippen LogP) is 4.31. The molecule has 1 fully saturated rings. The lowest BCUT2D eigenvalue weighted by Gasteiger charge is -2.48. The molecular weight excluding hydrogens is 218 g/mol. The van der Waals surface area contributed by atoms with Gasteiger partial charge in [0.05, 0.1) is 0 Å². The Labute approximate surface area is 107 Å². The van der Waals surface area contributed by atoms with Crippen LogP contribution in [0.5, 0.6) is 0 Å². The molecule has 0 unspecified atom stereocenters. The van der Waals surface area contributed by atoms with Gasteiger partial charge in [-0.3, -0.25) is 0 Å². The van der Waals surface area contributed by atoms with E-state index in [2.05, 4.69) is 47.6 Å². The monoisotopic (exact) mass is 245 g/mol. The lowest BCUT2D eigenvalue weighted by atomic mass is 9.57. The molecule has 1 nitrogen and oxygen atoms in total. The van der Waals surface area contributed by atoms with Gasteiger partial charge in [-0.25, -0.2) is 0 Å². The third-order valence-corrected chi connectivity index (χ3v) is 4.29. The largest absolute Gasteiger partial charge is 0.322 e. The molecule has 1 aliphatic rings. The molecule has 0 aromatic carbocycles. The van der Waals surface area contributed by atoms with Crippen LogP contribution < -0.4 is 5.73 Å². The second kappa shape index (κ2) is 4.70. The second-order valence-corrected chi connectivity index (χ2v) is 6.85. The van der Waals surface area contributed by atoms with Crippen LogP contribution in [0.25, 0.3) is 0 Å². The average molecular weight is 246 g/mol. The van der Waals surface area contributed by atoms with Crippen molar-refractivity contribution in [1.82, 2.24) is 0 Å². The van der Waals surface area contributed by atoms with Crippen molar-refractivity contribution in [2.45, 2.75) is 66.3 Å². The van der Waals surface area contributed by atoms with E-state index in [0.29, 0.717) is 5.41 Å². The summed E-state index contributed by atoms with van der Waals surface area (Å²) in [6.07, 6.45) is 6.13. The Morgan fingerprint density at radius 1 is 1.19 bits per heavy atom. The minimum Gasteiger partial charge on any atom is -0.322 e. The first-order valence-electron chi connectivity index (χ1n) is 6.07. The highest BCUT2D eigenvalue weighted by Crippen LogP contribution is 2.52. The van der Waals surface area contributed by atoms with Gasteiger partial charge in [0.2, 0.25) is 0 Å². The van der Waals surface area contributed by atoms with Crippen LogP contribution in [0, 0.1) is 10.8 Å². The van der Waals surface area contributed by atoms with E-state index in [-0.39, 0.29) is 23.4 Å². The van der Waals surface area contributed by atoms with Crippen molar-refractivity contribution < 1.29 is 0 Å². The van der Waals surface area contributed by atoms with Crippen molar-refractivity contribution in [3.05, 3.63) is 11.6 Å². The Kier molecular flexibility index (Phi) is 4.69. The summed E-state index contributed by atoms with van der Waals surface area (Å²) in [6, 6.07) is 0. The van der Waals surface area contributed by atoms with Crippen molar-refractivity contribution in [2.24, 2.45) is 16.6 Å². The highest BCUT2D eigenvalue weighted by atomic mass is 35.5. The van der Waals surface area contributed by atoms with E-state index in [9.17, 15) is 0 Å². The molecule has 0 amide bonds. The zero-order chi connectivity index (χ0) is 11.9. The summed E-state index contributed by atoms with van der Waals surface area (Å²) in [6.45, 7) is 13.6. The molecule has 0 aromatic heterocycles. The van der Waals surface area contributed by atoms with Crippen LogP contribution >= 0.6 is 12.4 Å². The molecule has 1 rings (SSSR count). The Morgan fingerprint density at radius 3 is 2.12 bits per heavy atom. The van der Waals surface area contributed by atoms with E-state index in [1.54, 1.807) is 5.57 Å². The fraction of sp³-hybridized carbons (Fsp3) is 0.857. The van der Waals surface area contributed by atoms with Crippen LogP contribution in [-0.2, 0) is 0 Å². The molecule has 0 heterocycles. The normalized spacial score (nSPS) is 26.3. The first-order chi connectivity index (χ1) is 6.56. The van der Waals surface area contributed by atoms with Gasteiger partial charge >= 0.3 is 0 Å². The van der Waals surface area contributed by atoms with Crippen LogP contribution in [-0.4, -0.2) is 5.54 Å². The quantitative estimate of drug-likeness (QED) is 0.685. The Morgan fingerprint density at radius 2 is 1.69 bits per heavy atom. The molecular formula is C14H28ClN. The van der Waals surface area contributed by atoms with Crippen LogP contribution in [0.3, 0.4) is 0 Å². The van der Waals surface area contributed by atoms with Crippen molar-refractivity contribution in [3.63, 3.8) is 0 Å². The van der Waals surface area contributed by atoms with Gasteiger partial charge in [0.1, 0.15) is 0 Å². The van der Waals surface area contributed by atoms with Gasteiger partial charge < -0.3 is 5.73 Å². The molecule has 0 radical (unpaired) electrons. The molecule has 0 saturated heterocycles. The van der Waals surface area contributed by atoms with Gasteiger partial charge in [-0.2, -0.15) is 0 Å². The molecule has 2 heteroatoms. The number of hydrogen-bond donors (Lipinski definition) is 1. The Bertz CT molecular complexity index is 269. The molecule has 96 valence electrons. The molecule has 0 spiro atoms. The number of allylic oxidation sites excluding steroid dienone is 1. The maximum atomic E-state index is 6.10. The summed E-state index contributed by atoms with van der Waals surface area (Å²) in [5.74, 6) is 0. The molecule has 1 aliphatic carbocycles. The molecule has 1 saturated carbocycles. The number of hydrogen-bond acceptors (Lipinski definition) is 1. The first-order valence-corrected chi connectivity index (χ1v) is 6.07. The van der Waals surface area contributed by atoms with Gasteiger partial charge in [0.15, 0.2) is 0 Å². The lowest BCUT2D eigenvalue weighted by Crippen LogP contribution is -2.40. The third kappa shape index (κ3) is 3.24. The smallest absolute Gasteiger partial charge is 0.0284 e. The summed E-state index contributed by atoms with van der Waals surface area (Å²) < 4.78 is 0. The topological polar surface area (TPSA) is 26.0 Å². The Hall–Kier alpha value is -0.0100. The summed E-state index contributed by atoms with van der Waals surface area (Å²) in [7, 11) is 0. The molecule has 0 atom stereocenters. The minimum atomic E-state index is -0.181. The fourth-order valence-corrected chi connectivity index (χ4v) is 2.48.